The summed E-state index contributed by atoms with van der Waals surface area (Å²) >= 11 is 13.5. The largest absolute Gasteiger partial charge is 0.302 e. The first-order chi connectivity index (χ1) is 11.9. The fourth-order valence-corrected chi connectivity index (χ4v) is 3.76. The number of halogens is 2. The number of carbonyl (C=O) groups excluding carboxylic acids is 1. The molecule has 0 aliphatic rings. The summed E-state index contributed by atoms with van der Waals surface area (Å²) < 4.78 is 0. The van der Waals surface area contributed by atoms with Crippen molar-refractivity contribution in [2.75, 3.05) is 5.32 Å². The molecule has 0 bridgehead atoms. The highest BCUT2D eigenvalue weighted by Gasteiger charge is 2.12. The standard InChI is InChI=1S/C19H16Cl2N2OS/c1-11-3-4-13(12(2)7-11)8-18(24)23-19-22-17(10-25-19)15-6-5-14(20)9-16(15)21/h3-7,9-10H,8H2,1-2H3,(H,22,23,24). The first kappa shape index (κ1) is 17.9. The van der Waals surface area contributed by atoms with Gasteiger partial charge < -0.3 is 5.32 Å². The third-order valence-electron chi connectivity index (χ3n) is 3.81. The van der Waals surface area contributed by atoms with Crippen LogP contribution in [0.3, 0.4) is 0 Å². The van der Waals surface area contributed by atoms with Gasteiger partial charge in [0.05, 0.1) is 17.1 Å². The van der Waals surface area contributed by atoms with Crippen LogP contribution in [-0.4, -0.2) is 10.9 Å². The van der Waals surface area contributed by atoms with Gasteiger partial charge in [-0.3, -0.25) is 4.79 Å². The van der Waals surface area contributed by atoms with Crippen LogP contribution in [0.2, 0.25) is 10.0 Å². The molecular weight excluding hydrogens is 375 g/mol. The molecule has 3 rings (SSSR count). The van der Waals surface area contributed by atoms with Gasteiger partial charge in [-0.25, -0.2) is 4.98 Å². The number of aryl methyl sites for hydroxylation is 2. The molecule has 3 aromatic rings. The van der Waals surface area contributed by atoms with E-state index in [0.717, 1.165) is 16.7 Å². The summed E-state index contributed by atoms with van der Waals surface area (Å²) in [7, 11) is 0. The van der Waals surface area contributed by atoms with Crippen molar-refractivity contribution in [2.45, 2.75) is 20.3 Å². The number of hydrogen-bond acceptors (Lipinski definition) is 3. The highest BCUT2D eigenvalue weighted by molar-refractivity contribution is 7.14. The molecule has 0 unspecified atom stereocenters. The molecule has 0 fully saturated rings. The third kappa shape index (κ3) is 4.40. The van der Waals surface area contributed by atoms with Crippen molar-refractivity contribution in [3.05, 3.63) is 68.5 Å². The van der Waals surface area contributed by atoms with E-state index in [9.17, 15) is 4.79 Å². The lowest BCUT2D eigenvalue weighted by Gasteiger charge is -2.06. The average Bonchev–Trinajstić information content (AvgIpc) is 2.98. The molecule has 2 aromatic carbocycles. The first-order valence-electron chi connectivity index (χ1n) is 7.69. The molecule has 3 nitrogen and oxygen atoms in total. The van der Waals surface area contributed by atoms with Gasteiger partial charge in [-0.15, -0.1) is 11.3 Å². The van der Waals surface area contributed by atoms with Gasteiger partial charge in [0.25, 0.3) is 0 Å². The summed E-state index contributed by atoms with van der Waals surface area (Å²) in [5.41, 5.74) is 4.82. The van der Waals surface area contributed by atoms with E-state index in [1.54, 1.807) is 12.1 Å². The molecule has 0 spiro atoms. The van der Waals surface area contributed by atoms with Crippen LogP contribution >= 0.6 is 34.5 Å². The molecule has 0 saturated carbocycles. The number of anilines is 1. The summed E-state index contributed by atoms with van der Waals surface area (Å²) in [5.74, 6) is -0.0879. The van der Waals surface area contributed by atoms with Crippen LogP contribution in [0, 0.1) is 13.8 Å². The van der Waals surface area contributed by atoms with Gasteiger partial charge in [-0.2, -0.15) is 0 Å². The lowest BCUT2D eigenvalue weighted by atomic mass is 10.0. The minimum atomic E-state index is -0.0879. The topological polar surface area (TPSA) is 42.0 Å². The summed E-state index contributed by atoms with van der Waals surface area (Å²) in [6.07, 6.45) is 0.322. The second-order valence-corrected chi connectivity index (χ2v) is 7.52. The average molecular weight is 391 g/mol. The summed E-state index contributed by atoms with van der Waals surface area (Å²) in [6.45, 7) is 4.05. The summed E-state index contributed by atoms with van der Waals surface area (Å²) in [4.78, 5) is 16.7. The highest BCUT2D eigenvalue weighted by Crippen LogP contribution is 2.32. The number of benzene rings is 2. The molecule has 25 heavy (non-hydrogen) atoms. The van der Waals surface area contributed by atoms with E-state index in [1.807, 2.05) is 37.4 Å². The Morgan fingerprint density at radius 3 is 2.68 bits per heavy atom. The van der Waals surface area contributed by atoms with Gasteiger partial charge in [0.15, 0.2) is 5.13 Å². The fraction of sp³-hybridized carbons (Fsp3) is 0.158. The van der Waals surface area contributed by atoms with Crippen molar-refractivity contribution >= 4 is 45.6 Å². The van der Waals surface area contributed by atoms with E-state index < -0.39 is 0 Å². The van der Waals surface area contributed by atoms with Gasteiger partial charge in [-0.05, 0) is 43.2 Å². The van der Waals surface area contributed by atoms with Gasteiger partial charge in [0, 0.05) is 16.0 Å². The number of hydrogen-bond donors (Lipinski definition) is 1. The first-order valence-corrected chi connectivity index (χ1v) is 9.33. The Morgan fingerprint density at radius 2 is 1.96 bits per heavy atom. The minimum Gasteiger partial charge on any atom is -0.302 e. The van der Waals surface area contributed by atoms with Crippen LogP contribution in [0.5, 0.6) is 0 Å². The normalized spacial score (nSPS) is 10.7. The fourth-order valence-electron chi connectivity index (χ4n) is 2.53. The van der Waals surface area contributed by atoms with Crippen molar-refractivity contribution in [2.24, 2.45) is 0 Å². The van der Waals surface area contributed by atoms with Crippen molar-refractivity contribution < 1.29 is 4.79 Å². The van der Waals surface area contributed by atoms with Crippen LogP contribution < -0.4 is 5.32 Å². The number of nitrogens with zero attached hydrogens (tertiary/aromatic N) is 1. The Balaban J connectivity index is 1.71. The number of rotatable bonds is 4. The van der Waals surface area contributed by atoms with E-state index in [-0.39, 0.29) is 5.91 Å². The maximum absolute atomic E-state index is 12.3. The van der Waals surface area contributed by atoms with Crippen LogP contribution in [-0.2, 0) is 11.2 Å². The number of nitrogens with one attached hydrogen (secondary N) is 1. The van der Waals surface area contributed by atoms with Gasteiger partial charge in [-0.1, -0.05) is 47.0 Å². The van der Waals surface area contributed by atoms with Crippen LogP contribution in [0.15, 0.2) is 41.8 Å². The Kier molecular flexibility index (Phi) is 5.42. The molecule has 128 valence electrons. The molecule has 1 N–H and O–H groups in total. The number of carbonyl (C=O) groups is 1. The molecule has 1 amide bonds. The Bertz CT molecular complexity index is 937. The monoisotopic (exact) mass is 390 g/mol. The Hall–Kier alpha value is -1.88. The van der Waals surface area contributed by atoms with Crippen LogP contribution in [0.25, 0.3) is 11.3 Å². The van der Waals surface area contributed by atoms with Crippen LogP contribution in [0.4, 0.5) is 5.13 Å². The minimum absolute atomic E-state index is 0.0879. The highest BCUT2D eigenvalue weighted by atomic mass is 35.5. The van der Waals surface area contributed by atoms with Crippen molar-refractivity contribution in [3.8, 4) is 11.3 Å². The van der Waals surface area contributed by atoms with Crippen molar-refractivity contribution in [1.29, 1.82) is 0 Å². The van der Waals surface area contributed by atoms with Gasteiger partial charge >= 0.3 is 0 Å². The molecule has 0 atom stereocenters. The maximum Gasteiger partial charge on any atom is 0.230 e. The molecule has 0 aliphatic heterocycles. The SMILES string of the molecule is Cc1ccc(CC(=O)Nc2nc(-c3ccc(Cl)cc3Cl)cs2)c(C)c1. The quantitative estimate of drug-likeness (QED) is 0.600. The van der Waals surface area contributed by atoms with Gasteiger partial charge in [0.2, 0.25) is 5.91 Å². The predicted molar refractivity (Wildman–Crippen MR) is 106 cm³/mol. The second-order valence-electron chi connectivity index (χ2n) is 5.82. The maximum atomic E-state index is 12.3. The van der Waals surface area contributed by atoms with Crippen LogP contribution in [0.1, 0.15) is 16.7 Å². The molecular formula is C19H16Cl2N2OS. The lowest BCUT2D eigenvalue weighted by molar-refractivity contribution is -0.115. The zero-order chi connectivity index (χ0) is 18.0. The number of amides is 1. The van der Waals surface area contributed by atoms with E-state index in [4.69, 9.17) is 23.2 Å². The molecule has 1 heterocycles. The number of thiazole rings is 1. The predicted octanol–water partition coefficient (Wildman–Crippen LogP) is 5.91. The molecule has 6 heteroatoms. The molecule has 0 radical (unpaired) electrons. The number of aromatic nitrogens is 1. The van der Waals surface area contributed by atoms with Gasteiger partial charge in [0.1, 0.15) is 0 Å². The third-order valence-corrected chi connectivity index (χ3v) is 5.11. The summed E-state index contributed by atoms with van der Waals surface area (Å²) in [6, 6.07) is 11.3. The molecule has 0 saturated heterocycles. The second kappa shape index (κ2) is 7.56. The van der Waals surface area contributed by atoms with E-state index >= 15 is 0 Å². The summed E-state index contributed by atoms with van der Waals surface area (Å²) in [5, 5.41) is 6.38. The Morgan fingerprint density at radius 1 is 1.16 bits per heavy atom. The molecule has 1 aromatic heterocycles. The Labute approximate surface area is 160 Å². The lowest BCUT2D eigenvalue weighted by Crippen LogP contribution is -2.14. The smallest absolute Gasteiger partial charge is 0.230 e. The van der Waals surface area contributed by atoms with E-state index in [1.165, 1.54) is 16.9 Å². The zero-order valence-corrected chi connectivity index (χ0v) is 16.1. The zero-order valence-electron chi connectivity index (χ0n) is 13.8. The van der Waals surface area contributed by atoms with E-state index in [0.29, 0.717) is 27.3 Å². The molecule has 0 aliphatic carbocycles. The van der Waals surface area contributed by atoms with Crippen molar-refractivity contribution in [1.82, 2.24) is 4.98 Å². The van der Waals surface area contributed by atoms with Crippen molar-refractivity contribution in [3.63, 3.8) is 0 Å². The van der Waals surface area contributed by atoms with E-state index in [2.05, 4.69) is 16.4 Å².